The van der Waals surface area contributed by atoms with Crippen molar-refractivity contribution in [3.8, 4) is 11.4 Å². The van der Waals surface area contributed by atoms with E-state index in [1.807, 2.05) is 37.8 Å². The van der Waals surface area contributed by atoms with Gasteiger partial charge in [-0.1, -0.05) is 37.5 Å². The van der Waals surface area contributed by atoms with Gasteiger partial charge in [0, 0.05) is 22.5 Å². The van der Waals surface area contributed by atoms with E-state index in [0.717, 1.165) is 24.9 Å². The minimum absolute atomic E-state index is 0.117. The minimum Gasteiger partial charge on any atom is -0.337 e. The van der Waals surface area contributed by atoms with Gasteiger partial charge in [-0.25, -0.2) is 0 Å². The molecule has 1 aliphatic heterocycles. The maximum absolute atomic E-state index is 12.6. The van der Waals surface area contributed by atoms with Crippen LogP contribution in [0.3, 0.4) is 0 Å². The van der Waals surface area contributed by atoms with E-state index < -0.39 is 5.41 Å². The second-order valence-corrected chi connectivity index (χ2v) is 7.31. The van der Waals surface area contributed by atoms with Crippen molar-refractivity contribution in [2.75, 3.05) is 6.54 Å². The summed E-state index contributed by atoms with van der Waals surface area (Å²) >= 11 is 5.90. The van der Waals surface area contributed by atoms with E-state index >= 15 is 0 Å². The summed E-state index contributed by atoms with van der Waals surface area (Å²) in [6.45, 7) is 6.52. The molecule has 1 aromatic heterocycles. The van der Waals surface area contributed by atoms with E-state index in [-0.39, 0.29) is 11.9 Å². The van der Waals surface area contributed by atoms with E-state index in [1.165, 1.54) is 0 Å². The van der Waals surface area contributed by atoms with Gasteiger partial charge < -0.3 is 9.42 Å². The number of amides is 1. The van der Waals surface area contributed by atoms with Gasteiger partial charge >= 0.3 is 0 Å². The lowest BCUT2D eigenvalue weighted by atomic mass is 9.94. The molecule has 1 aliphatic rings. The van der Waals surface area contributed by atoms with Crippen LogP contribution in [0.1, 0.15) is 45.5 Å². The first kappa shape index (κ1) is 16.0. The Morgan fingerprint density at radius 1 is 1.30 bits per heavy atom. The zero-order valence-electron chi connectivity index (χ0n) is 13.5. The van der Waals surface area contributed by atoms with E-state index in [4.69, 9.17) is 16.1 Å². The molecule has 0 bridgehead atoms. The fraction of sp³-hybridized carbons (Fsp3) is 0.471. The second kappa shape index (κ2) is 5.96. The molecule has 0 saturated carbocycles. The maximum Gasteiger partial charge on any atom is 0.249 e. The van der Waals surface area contributed by atoms with E-state index in [2.05, 4.69) is 10.1 Å². The number of halogens is 1. The van der Waals surface area contributed by atoms with Gasteiger partial charge in [0.15, 0.2) is 0 Å². The van der Waals surface area contributed by atoms with Crippen LogP contribution in [0.4, 0.5) is 0 Å². The molecule has 0 aliphatic carbocycles. The van der Waals surface area contributed by atoms with Gasteiger partial charge in [0.25, 0.3) is 0 Å². The molecule has 1 aromatic carbocycles. The zero-order chi connectivity index (χ0) is 16.6. The van der Waals surface area contributed by atoms with Crippen molar-refractivity contribution >= 4 is 17.5 Å². The molecule has 2 aromatic rings. The summed E-state index contributed by atoms with van der Waals surface area (Å²) in [5.41, 5.74) is 0.429. The van der Waals surface area contributed by atoms with Gasteiger partial charge in [-0.05, 0) is 37.1 Å². The second-order valence-electron chi connectivity index (χ2n) is 6.87. The van der Waals surface area contributed by atoms with Crippen molar-refractivity contribution in [1.82, 2.24) is 15.0 Å². The van der Waals surface area contributed by atoms with Crippen LogP contribution >= 0.6 is 11.6 Å². The summed E-state index contributed by atoms with van der Waals surface area (Å²) in [6, 6.07) is 7.15. The number of hydrogen-bond acceptors (Lipinski definition) is 4. The fourth-order valence-electron chi connectivity index (χ4n) is 2.78. The third kappa shape index (κ3) is 3.24. The average molecular weight is 334 g/mol. The van der Waals surface area contributed by atoms with Crippen LogP contribution in [0.2, 0.25) is 5.02 Å². The number of likely N-dealkylation sites (tertiary alicyclic amines) is 1. The molecular formula is C17H20ClN3O2. The van der Waals surface area contributed by atoms with Gasteiger partial charge in [0.1, 0.15) is 6.04 Å². The Kier molecular flexibility index (Phi) is 4.15. The normalized spacial score (nSPS) is 18.4. The molecule has 3 rings (SSSR count). The van der Waals surface area contributed by atoms with Crippen molar-refractivity contribution in [3.63, 3.8) is 0 Å². The molecule has 1 saturated heterocycles. The lowest BCUT2D eigenvalue weighted by Gasteiger charge is -2.29. The zero-order valence-corrected chi connectivity index (χ0v) is 14.3. The summed E-state index contributed by atoms with van der Waals surface area (Å²) in [4.78, 5) is 18.9. The van der Waals surface area contributed by atoms with Crippen LogP contribution in [-0.4, -0.2) is 27.5 Å². The Morgan fingerprint density at radius 3 is 2.65 bits per heavy atom. The van der Waals surface area contributed by atoms with E-state index in [1.54, 1.807) is 12.1 Å². The Hall–Kier alpha value is -1.88. The van der Waals surface area contributed by atoms with Gasteiger partial charge in [-0.2, -0.15) is 4.98 Å². The molecule has 0 N–H and O–H groups in total. The van der Waals surface area contributed by atoms with Crippen LogP contribution in [0.25, 0.3) is 11.4 Å². The van der Waals surface area contributed by atoms with Crippen LogP contribution in [0.5, 0.6) is 0 Å². The van der Waals surface area contributed by atoms with E-state index in [9.17, 15) is 4.79 Å². The van der Waals surface area contributed by atoms with Crippen molar-refractivity contribution in [2.45, 2.75) is 39.7 Å². The van der Waals surface area contributed by atoms with Crippen LogP contribution in [0.15, 0.2) is 28.8 Å². The molecular weight excluding hydrogens is 314 g/mol. The highest BCUT2D eigenvalue weighted by Gasteiger charge is 2.38. The first-order valence-corrected chi connectivity index (χ1v) is 8.14. The number of aromatic nitrogens is 2. The van der Waals surface area contributed by atoms with Gasteiger partial charge in [0.2, 0.25) is 17.6 Å². The number of rotatable bonds is 2. The van der Waals surface area contributed by atoms with Crippen molar-refractivity contribution in [3.05, 3.63) is 35.2 Å². The predicted molar refractivity (Wildman–Crippen MR) is 87.9 cm³/mol. The number of carbonyl (C=O) groups excluding carboxylic acids is 1. The molecule has 1 fully saturated rings. The number of hydrogen-bond donors (Lipinski definition) is 0. The highest BCUT2D eigenvalue weighted by molar-refractivity contribution is 6.30. The Morgan fingerprint density at radius 2 is 2.00 bits per heavy atom. The van der Waals surface area contributed by atoms with Crippen LogP contribution in [-0.2, 0) is 4.79 Å². The molecule has 6 heteroatoms. The molecule has 0 unspecified atom stereocenters. The molecule has 23 heavy (non-hydrogen) atoms. The van der Waals surface area contributed by atoms with Crippen molar-refractivity contribution < 1.29 is 9.32 Å². The van der Waals surface area contributed by atoms with Gasteiger partial charge in [-0.15, -0.1) is 0 Å². The summed E-state index contributed by atoms with van der Waals surface area (Å²) in [7, 11) is 0. The molecule has 122 valence electrons. The molecule has 1 amide bonds. The summed E-state index contributed by atoms with van der Waals surface area (Å²) in [5, 5.41) is 4.71. The van der Waals surface area contributed by atoms with Crippen LogP contribution in [0, 0.1) is 5.41 Å². The lowest BCUT2D eigenvalue weighted by molar-refractivity contribution is -0.140. The lowest BCUT2D eigenvalue weighted by Crippen LogP contribution is -2.39. The fourth-order valence-corrected chi connectivity index (χ4v) is 2.91. The van der Waals surface area contributed by atoms with Crippen molar-refractivity contribution in [2.24, 2.45) is 5.41 Å². The van der Waals surface area contributed by atoms with Gasteiger partial charge in [-0.3, -0.25) is 4.79 Å². The summed E-state index contributed by atoms with van der Waals surface area (Å²) in [5.74, 6) is 1.14. The average Bonchev–Trinajstić information content (AvgIpc) is 3.15. The highest BCUT2D eigenvalue weighted by atomic mass is 35.5. The van der Waals surface area contributed by atoms with Crippen LogP contribution < -0.4 is 0 Å². The molecule has 2 heterocycles. The monoisotopic (exact) mass is 333 g/mol. The largest absolute Gasteiger partial charge is 0.337 e. The quantitative estimate of drug-likeness (QED) is 0.830. The smallest absolute Gasteiger partial charge is 0.249 e. The third-order valence-corrected chi connectivity index (χ3v) is 4.24. The standard InChI is InChI=1S/C17H20ClN3O2/c1-17(2,3)16(22)21-10-4-5-13(21)15-19-14(20-23-15)11-6-8-12(18)9-7-11/h6-9,13H,4-5,10H2,1-3H3/t13-/m1/s1. The number of benzene rings is 1. The predicted octanol–water partition coefficient (Wildman–Crippen LogP) is 4.10. The topological polar surface area (TPSA) is 59.2 Å². The maximum atomic E-state index is 12.6. The van der Waals surface area contributed by atoms with Crippen molar-refractivity contribution in [1.29, 1.82) is 0 Å². The Labute approximate surface area is 140 Å². The highest BCUT2D eigenvalue weighted by Crippen LogP contribution is 2.35. The Balaban J connectivity index is 1.84. The SMILES string of the molecule is CC(C)(C)C(=O)N1CCC[C@@H]1c1nc(-c2ccc(Cl)cc2)no1. The molecule has 5 nitrogen and oxygen atoms in total. The number of carbonyl (C=O) groups is 1. The molecule has 0 spiro atoms. The van der Waals surface area contributed by atoms with Gasteiger partial charge in [0.05, 0.1) is 0 Å². The minimum atomic E-state index is -0.415. The number of nitrogens with zero attached hydrogens (tertiary/aromatic N) is 3. The summed E-state index contributed by atoms with van der Waals surface area (Å²) in [6.07, 6.45) is 1.80. The first-order chi connectivity index (χ1) is 10.9. The van der Waals surface area contributed by atoms with E-state index in [0.29, 0.717) is 16.7 Å². The molecule has 0 radical (unpaired) electrons. The Bertz CT molecular complexity index is 703. The summed E-state index contributed by atoms with van der Waals surface area (Å²) < 4.78 is 5.44. The molecule has 1 atom stereocenters. The first-order valence-electron chi connectivity index (χ1n) is 7.77. The third-order valence-electron chi connectivity index (χ3n) is 3.98.